The number of nitrogens with zero attached hydrogens (tertiary/aromatic N) is 2. The molecule has 1 heterocycles. The Hall–Kier alpha value is -1.98. The number of pyridine rings is 1. The van der Waals surface area contributed by atoms with Gasteiger partial charge in [-0.3, -0.25) is 4.79 Å². The Morgan fingerprint density at radius 2 is 2.05 bits per heavy atom. The van der Waals surface area contributed by atoms with Gasteiger partial charge in [-0.2, -0.15) is 4.98 Å². The Bertz CT molecular complexity index is 495. The highest BCUT2D eigenvalue weighted by atomic mass is 16.5. The molecule has 6 nitrogen and oxygen atoms in total. The molecule has 0 saturated carbocycles. The number of aromatic nitrogens is 1. The number of amides is 1. The van der Waals surface area contributed by atoms with Gasteiger partial charge in [0.1, 0.15) is 11.4 Å². The van der Waals surface area contributed by atoms with E-state index in [4.69, 9.17) is 10.5 Å². The van der Waals surface area contributed by atoms with Crippen LogP contribution in [0.15, 0.2) is 12.1 Å². The van der Waals surface area contributed by atoms with E-state index in [1.807, 2.05) is 34.6 Å². The van der Waals surface area contributed by atoms with Crippen molar-refractivity contribution in [1.29, 1.82) is 0 Å². The quantitative estimate of drug-likeness (QED) is 0.865. The minimum absolute atomic E-state index is 0.0515. The summed E-state index contributed by atoms with van der Waals surface area (Å²) in [5.74, 6) is 0.975. The Balaban J connectivity index is 2.83. The summed E-state index contributed by atoms with van der Waals surface area (Å²) in [6, 6.07) is 3.62. The molecule has 0 aliphatic rings. The second kappa shape index (κ2) is 6.65. The Morgan fingerprint density at radius 1 is 1.43 bits per heavy atom. The molecule has 1 aromatic heterocycles. The molecule has 3 N–H and O–H groups in total. The summed E-state index contributed by atoms with van der Waals surface area (Å²) >= 11 is 0. The summed E-state index contributed by atoms with van der Waals surface area (Å²) in [6.45, 7) is 9.87. The van der Waals surface area contributed by atoms with Crippen molar-refractivity contribution in [2.24, 2.45) is 0 Å². The number of likely N-dealkylation sites (N-methyl/N-ethyl adjacent to an activating group) is 1. The van der Waals surface area contributed by atoms with Crippen molar-refractivity contribution in [2.75, 3.05) is 24.2 Å². The Labute approximate surface area is 126 Å². The molecule has 0 radical (unpaired) electrons. The average molecular weight is 294 g/mol. The van der Waals surface area contributed by atoms with Crippen LogP contribution in [-0.4, -0.2) is 36.1 Å². The first-order valence-electron chi connectivity index (χ1n) is 7.04. The van der Waals surface area contributed by atoms with Gasteiger partial charge in [-0.05, 0) is 46.8 Å². The largest absolute Gasteiger partial charge is 0.470 e. The number of carbonyl (C=O) groups is 1. The minimum atomic E-state index is -0.382. The molecule has 6 heteroatoms. The first-order valence-corrected chi connectivity index (χ1v) is 7.04. The number of nitrogens with two attached hydrogens (primary N) is 1. The molecule has 0 fully saturated rings. The van der Waals surface area contributed by atoms with Gasteiger partial charge in [-0.1, -0.05) is 0 Å². The normalized spacial score (nSPS) is 11.4. The van der Waals surface area contributed by atoms with Gasteiger partial charge in [0, 0.05) is 13.1 Å². The second-order valence-electron chi connectivity index (χ2n) is 6.36. The molecule has 0 bridgehead atoms. The number of ether oxygens (including phenoxy) is 1. The zero-order chi connectivity index (χ0) is 16.2. The van der Waals surface area contributed by atoms with Gasteiger partial charge >= 0.3 is 0 Å². The molecule has 0 aromatic carbocycles. The van der Waals surface area contributed by atoms with Crippen LogP contribution in [0.4, 0.5) is 11.5 Å². The Kier molecular flexibility index (Phi) is 5.41. The van der Waals surface area contributed by atoms with Crippen molar-refractivity contribution in [3.63, 3.8) is 0 Å². The third-order valence-corrected chi connectivity index (χ3v) is 2.50. The first-order chi connectivity index (χ1) is 9.58. The monoisotopic (exact) mass is 294 g/mol. The first kappa shape index (κ1) is 17.1. The number of carbonyl (C=O) groups excluding carboxylic acids is 1. The molecule has 21 heavy (non-hydrogen) atoms. The number of hydrogen-bond donors (Lipinski definition) is 2. The molecular formula is C15H26N4O2. The molecule has 0 unspecified atom stereocenters. The van der Waals surface area contributed by atoms with Gasteiger partial charge < -0.3 is 20.7 Å². The number of hydrogen-bond acceptors (Lipinski definition) is 5. The van der Waals surface area contributed by atoms with Crippen molar-refractivity contribution in [2.45, 2.75) is 46.3 Å². The van der Waals surface area contributed by atoms with Gasteiger partial charge in [-0.25, -0.2) is 0 Å². The van der Waals surface area contributed by atoms with Crippen LogP contribution >= 0.6 is 0 Å². The second-order valence-corrected chi connectivity index (χ2v) is 6.36. The minimum Gasteiger partial charge on any atom is -0.470 e. The van der Waals surface area contributed by atoms with Crippen molar-refractivity contribution >= 4 is 17.4 Å². The summed E-state index contributed by atoms with van der Waals surface area (Å²) < 4.78 is 5.73. The van der Waals surface area contributed by atoms with E-state index in [1.54, 1.807) is 24.1 Å². The van der Waals surface area contributed by atoms with Crippen LogP contribution in [0.2, 0.25) is 0 Å². The van der Waals surface area contributed by atoms with Crippen LogP contribution in [0.25, 0.3) is 0 Å². The van der Waals surface area contributed by atoms with E-state index >= 15 is 0 Å². The third kappa shape index (κ3) is 5.89. The maximum absolute atomic E-state index is 11.8. The summed E-state index contributed by atoms with van der Waals surface area (Å²) in [7, 11) is 1.80. The average Bonchev–Trinajstić information content (AvgIpc) is 2.28. The summed E-state index contributed by atoms with van der Waals surface area (Å²) in [5.41, 5.74) is 5.98. The van der Waals surface area contributed by atoms with E-state index in [0.29, 0.717) is 17.4 Å². The fourth-order valence-corrected chi connectivity index (χ4v) is 1.69. The van der Waals surface area contributed by atoms with Crippen LogP contribution in [0.1, 0.15) is 34.6 Å². The van der Waals surface area contributed by atoms with E-state index in [9.17, 15) is 4.79 Å². The molecule has 0 spiro atoms. The number of rotatable bonds is 5. The zero-order valence-corrected chi connectivity index (χ0v) is 13.7. The fraction of sp³-hybridized carbons (Fsp3) is 0.600. The zero-order valence-electron chi connectivity index (χ0n) is 13.7. The summed E-state index contributed by atoms with van der Waals surface area (Å²) in [5, 5.41) is 2.84. The lowest BCUT2D eigenvalue weighted by Crippen LogP contribution is -2.38. The van der Waals surface area contributed by atoms with Crippen molar-refractivity contribution in [3.8, 4) is 5.88 Å². The summed E-state index contributed by atoms with van der Waals surface area (Å²) in [6.07, 6.45) is 0. The lowest BCUT2D eigenvalue weighted by atomic mass is 10.2. The van der Waals surface area contributed by atoms with Gasteiger partial charge in [0.25, 0.3) is 0 Å². The lowest BCUT2D eigenvalue weighted by Gasteiger charge is -2.24. The van der Waals surface area contributed by atoms with E-state index in [-0.39, 0.29) is 24.1 Å². The van der Waals surface area contributed by atoms with Crippen LogP contribution < -0.4 is 20.7 Å². The SMILES string of the molecule is CC(C)NC(=O)CN(C)c1ccc(N)c(OC(C)(C)C)n1. The predicted molar refractivity (Wildman–Crippen MR) is 85.6 cm³/mol. The molecular weight excluding hydrogens is 268 g/mol. The van der Waals surface area contributed by atoms with E-state index in [1.165, 1.54) is 0 Å². The van der Waals surface area contributed by atoms with Gasteiger partial charge in [-0.15, -0.1) is 0 Å². The molecule has 1 rings (SSSR count). The Morgan fingerprint density at radius 3 is 2.57 bits per heavy atom. The van der Waals surface area contributed by atoms with E-state index in [0.717, 1.165) is 0 Å². The lowest BCUT2D eigenvalue weighted by molar-refractivity contribution is -0.120. The standard InChI is InChI=1S/C15H26N4O2/c1-10(2)17-13(20)9-19(6)12-8-7-11(16)14(18-12)21-15(3,4)5/h7-8,10H,9,16H2,1-6H3,(H,17,20). The van der Waals surface area contributed by atoms with Gasteiger partial charge in [0.15, 0.2) is 0 Å². The van der Waals surface area contributed by atoms with Crippen LogP contribution in [0.5, 0.6) is 5.88 Å². The summed E-state index contributed by atoms with van der Waals surface area (Å²) in [4.78, 5) is 17.9. The van der Waals surface area contributed by atoms with Crippen molar-refractivity contribution < 1.29 is 9.53 Å². The van der Waals surface area contributed by atoms with Crippen LogP contribution in [0, 0.1) is 0 Å². The number of nitrogens with one attached hydrogen (secondary N) is 1. The van der Waals surface area contributed by atoms with E-state index < -0.39 is 0 Å². The predicted octanol–water partition coefficient (Wildman–Crippen LogP) is 1.80. The molecule has 0 atom stereocenters. The van der Waals surface area contributed by atoms with Gasteiger partial charge in [0.05, 0.1) is 12.2 Å². The molecule has 1 aromatic rings. The number of nitrogen functional groups attached to an aromatic ring is 1. The number of anilines is 2. The molecule has 118 valence electrons. The maximum atomic E-state index is 11.8. The van der Waals surface area contributed by atoms with Crippen LogP contribution in [-0.2, 0) is 4.79 Å². The van der Waals surface area contributed by atoms with Crippen molar-refractivity contribution in [1.82, 2.24) is 10.3 Å². The maximum Gasteiger partial charge on any atom is 0.239 e. The molecule has 1 amide bonds. The van der Waals surface area contributed by atoms with Crippen molar-refractivity contribution in [3.05, 3.63) is 12.1 Å². The van der Waals surface area contributed by atoms with Gasteiger partial charge in [0.2, 0.25) is 11.8 Å². The fourth-order valence-electron chi connectivity index (χ4n) is 1.69. The van der Waals surface area contributed by atoms with Crippen LogP contribution in [0.3, 0.4) is 0 Å². The highest BCUT2D eigenvalue weighted by Gasteiger charge is 2.17. The van der Waals surface area contributed by atoms with E-state index in [2.05, 4.69) is 10.3 Å². The highest BCUT2D eigenvalue weighted by molar-refractivity contribution is 5.81. The molecule has 0 aliphatic heterocycles. The third-order valence-electron chi connectivity index (χ3n) is 2.50. The topological polar surface area (TPSA) is 80.5 Å². The molecule has 0 saturated heterocycles. The molecule has 0 aliphatic carbocycles. The highest BCUT2D eigenvalue weighted by Crippen LogP contribution is 2.25. The smallest absolute Gasteiger partial charge is 0.239 e.